The average molecular weight is 222 g/mol. The van der Waals surface area contributed by atoms with E-state index in [-0.39, 0.29) is 0 Å². The molecule has 1 aromatic carbocycles. The smallest absolute Gasteiger partial charge is 0.365 e. The van der Waals surface area contributed by atoms with Crippen LogP contribution >= 0.6 is 0 Å². The third-order valence-corrected chi connectivity index (χ3v) is 1.79. The first-order chi connectivity index (χ1) is 7.76. The number of benzene rings is 1. The van der Waals surface area contributed by atoms with Crippen LogP contribution in [-0.4, -0.2) is 19.7 Å². The number of rotatable bonds is 5. The van der Waals surface area contributed by atoms with Gasteiger partial charge in [-0.25, -0.2) is 4.79 Å². The number of methoxy groups -OCH3 is 1. The van der Waals surface area contributed by atoms with E-state index in [4.69, 9.17) is 4.74 Å². The van der Waals surface area contributed by atoms with Crippen LogP contribution in [0.3, 0.4) is 0 Å². The molecule has 0 aliphatic carbocycles. The third kappa shape index (κ3) is 4.14. The molecule has 0 aliphatic rings. The zero-order chi connectivity index (χ0) is 11.8. The fourth-order valence-electron chi connectivity index (χ4n) is 1.02. The molecular weight excluding hydrogens is 208 g/mol. The van der Waals surface area contributed by atoms with E-state index in [1.54, 1.807) is 20.1 Å². The fraction of sp³-hybridized carbons (Fsp3) is 0.250. The Hall–Kier alpha value is -1.81. The molecule has 0 bridgehead atoms. The number of carbonyl (C=O) groups is 1. The lowest BCUT2D eigenvalue weighted by Crippen LogP contribution is -2.00. The van der Waals surface area contributed by atoms with Gasteiger partial charge in [-0.1, -0.05) is 12.1 Å². The van der Waals surface area contributed by atoms with Crippen molar-refractivity contribution in [1.82, 2.24) is 0 Å². The van der Waals surface area contributed by atoms with E-state index >= 15 is 0 Å². The van der Waals surface area contributed by atoms with Gasteiger partial charge in [0.25, 0.3) is 0 Å². The summed E-state index contributed by atoms with van der Waals surface area (Å²) in [5, 5.41) is 0. The normalized spacial score (nSPS) is 10.4. The summed E-state index contributed by atoms with van der Waals surface area (Å²) in [6, 6.07) is 7.30. The Labute approximate surface area is 94.4 Å². The van der Waals surface area contributed by atoms with Crippen LogP contribution in [0, 0.1) is 0 Å². The number of carbonyl (C=O) groups excluding carboxylic acids is 1. The van der Waals surface area contributed by atoms with Crippen molar-refractivity contribution in [1.29, 1.82) is 0 Å². The van der Waals surface area contributed by atoms with Gasteiger partial charge in [0.05, 0.1) is 13.7 Å². The lowest BCUT2D eigenvalue weighted by atomic mass is 10.2. The molecule has 0 amide bonds. The molecule has 0 aromatic heterocycles. The van der Waals surface area contributed by atoms with Gasteiger partial charge in [-0.2, -0.15) is 4.89 Å². The van der Waals surface area contributed by atoms with Crippen LogP contribution in [0.15, 0.2) is 30.3 Å². The molecule has 16 heavy (non-hydrogen) atoms. The quantitative estimate of drug-likeness (QED) is 0.435. The minimum absolute atomic E-state index is 0.335. The van der Waals surface area contributed by atoms with Crippen molar-refractivity contribution in [2.75, 3.05) is 13.7 Å². The number of hydrogen-bond donors (Lipinski definition) is 0. The summed E-state index contributed by atoms with van der Waals surface area (Å²) in [6.07, 6.45) is 2.94. The van der Waals surface area contributed by atoms with Crippen molar-refractivity contribution in [3.63, 3.8) is 0 Å². The van der Waals surface area contributed by atoms with Gasteiger partial charge in [0, 0.05) is 6.08 Å². The molecule has 0 unspecified atom stereocenters. The molecule has 0 spiro atoms. The van der Waals surface area contributed by atoms with Crippen molar-refractivity contribution >= 4 is 12.0 Å². The first kappa shape index (κ1) is 12.3. The van der Waals surface area contributed by atoms with E-state index < -0.39 is 5.97 Å². The van der Waals surface area contributed by atoms with Crippen molar-refractivity contribution in [3.8, 4) is 5.75 Å². The summed E-state index contributed by atoms with van der Waals surface area (Å²) in [6.45, 7) is 2.07. The highest BCUT2D eigenvalue weighted by Crippen LogP contribution is 2.12. The molecule has 1 rings (SSSR count). The lowest BCUT2D eigenvalue weighted by Gasteiger charge is -1.99. The Morgan fingerprint density at radius 2 is 2.00 bits per heavy atom. The monoisotopic (exact) mass is 222 g/mol. The van der Waals surface area contributed by atoms with Gasteiger partial charge in [0.15, 0.2) is 0 Å². The molecular formula is C12H14O4. The number of hydrogen-bond acceptors (Lipinski definition) is 4. The maximum atomic E-state index is 11.0. The Morgan fingerprint density at radius 1 is 1.31 bits per heavy atom. The number of ether oxygens (including phenoxy) is 1. The van der Waals surface area contributed by atoms with Crippen molar-refractivity contribution in [2.45, 2.75) is 6.92 Å². The summed E-state index contributed by atoms with van der Waals surface area (Å²) >= 11 is 0. The maximum Gasteiger partial charge on any atom is 0.365 e. The second-order valence-electron chi connectivity index (χ2n) is 2.92. The molecule has 1 aromatic rings. The SMILES string of the molecule is CCOOC(=O)/C=C\c1ccc(OC)cc1. The van der Waals surface area contributed by atoms with E-state index in [1.807, 2.05) is 24.3 Å². The first-order valence-corrected chi connectivity index (χ1v) is 4.92. The van der Waals surface area contributed by atoms with Crippen LogP contribution in [0.5, 0.6) is 5.75 Å². The molecule has 0 atom stereocenters. The summed E-state index contributed by atoms with van der Waals surface area (Å²) in [5.41, 5.74) is 0.884. The first-order valence-electron chi connectivity index (χ1n) is 4.92. The van der Waals surface area contributed by atoms with Gasteiger partial charge >= 0.3 is 5.97 Å². The van der Waals surface area contributed by atoms with Gasteiger partial charge in [-0.05, 0) is 30.7 Å². The molecule has 0 fully saturated rings. The summed E-state index contributed by atoms with van der Waals surface area (Å²) in [4.78, 5) is 19.9. The summed E-state index contributed by atoms with van der Waals surface area (Å²) < 4.78 is 5.01. The van der Waals surface area contributed by atoms with Gasteiger partial charge in [0.1, 0.15) is 5.75 Å². The summed E-state index contributed by atoms with van der Waals surface area (Å²) in [5.74, 6) is 0.242. The molecule has 86 valence electrons. The van der Waals surface area contributed by atoms with Gasteiger partial charge in [0.2, 0.25) is 0 Å². The van der Waals surface area contributed by atoms with E-state index in [2.05, 4.69) is 9.78 Å². The van der Waals surface area contributed by atoms with Gasteiger partial charge in [-0.15, -0.1) is 0 Å². The lowest BCUT2D eigenvalue weighted by molar-refractivity contribution is -0.264. The zero-order valence-electron chi connectivity index (χ0n) is 9.30. The zero-order valence-corrected chi connectivity index (χ0v) is 9.30. The van der Waals surface area contributed by atoms with E-state index in [9.17, 15) is 4.79 Å². The average Bonchev–Trinajstić information content (AvgIpc) is 2.34. The largest absolute Gasteiger partial charge is 0.497 e. The van der Waals surface area contributed by atoms with E-state index in [0.29, 0.717) is 6.61 Å². The fourth-order valence-corrected chi connectivity index (χ4v) is 1.02. The van der Waals surface area contributed by atoms with Crippen molar-refractivity contribution in [3.05, 3.63) is 35.9 Å². The molecule has 0 radical (unpaired) electrons. The van der Waals surface area contributed by atoms with Crippen molar-refractivity contribution < 1.29 is 19.3 Å². The predicted molar refractivity (Wildman–Crippen MR) is 59.7 cm³/mol. The Bertz CT molecular complexity index is 354. The van der Waals surface area contributed by atoms with Crippen LogP contribution in [-0.2, 0) is 14.6 Å². The van der Waals surface area contributed by atoms with E-state index in [1.165, 1.54) is 6.08 Å². The highest BCUT2D eigenvalue weighted by Gasteiger charge is 1.96. The van der Waals surface area contributed by atoms with Crippen molar-refractivity contribution in [2.24, 2.45) is 0 Å². The molecule has 0 saturated carbocycles. The molecule has 0 N–H and O–H groups in total. The van der Waals surface area contributed by atoms with Crippen LogP contribution < -0.4 is 4.74 Å². The minimum atomic E-state index is -0.530. The Morgan fingerprint density at radius 3 is 2.56 bits per heavy atom. The molecule has 0 heterocycles. The summed E-state index contributed by atoms with van der Waals surface area (Å²) in [7, 11) is 1.60. The van der Waals surface area contributed by atoms with Gasteiger partial charge in [-0.3, -0.25) is 4.89 Å². The minimum Gasteiger partial charge on any atom is -0.497 e. The molecule has 0 saturated heterocycles. The van der Waals surface area contributed by atoms with Gasteiger partial charge < -0.3 is 4.74 Å². The molecule has 0 aliphatic heterocycles. The standard InChI is InChI=1S/C12H14O4/c1-3-15-16-12(13)9-6-10-4-7-11(14-2)8-5-10/h4-9H,3H2,1-2H3/b9-6-. The molecule has 4 heteroatoms. The Kier molecular flexibility index (Phi) is 5.08. The topological polar surface area (TPSA) is 44.8 Å². The predicted octanol–water partition coefficient (Wildman–Crippen LogP) is 2.20. The van der Waals surface area contributed by atoms with E-state index in [0.717, 1.165) is 11.3 Å². The third-order valence-electron chi connectivity index (χ3n) is 1.79. The molecule has 4 nitrogen and oxygen atoms in total. The second-order valence-corrected chi connectivity index (χ2v) is 2.92. The highest BCUT2D eigenvalue weighted by atomic mass is 17.2. The maximum absolute atomic E-state index is 11.0. The highest BCUT2D eigenvalue weighted by molar-refractivity contribution is 5.86. The van der Waals surface area contributed by atoms with Crippen LogP contribution in [0.1, 0.15) is 12.5 Å². The van der Waals surface area contributed by atoms with Crippen LogP contribution in [0.2, 0.25) is 0 Å². The van der Waals surface area contributed by atoms with Crippen LogP contribution in [0.4, 0.5) is 0 Å². The van der Waals surface area contributed by atoms with Crippen LogP contribution in [0.25, 0.3) is 6.08 Å². The Balaban J connectivity index is 2.52. The second kappa shape index (κ2) is 6.63.